The molecule has 3 aliphatic rings. The van der Waals surface area contributed by atoms with E-state index in [2.05, 4.69) is 5.43 Å². The summed E-state index contributed by atoms with van der Waals surface area (Å²) in [7, 11) is 5.14. The topological polar surface area (TPSA) is 196 Å². The standard InChI is InChI=1S/C40H62N4O11/c1-12-29-40(8)33(44(38(50)55-40)42-35(48)27(41)19-26-16-14-13-15-17-26)23(4)30(45)21(2)20-39(7,51-11)34(24(5)31(46)25(6)36(49)53-29)54-37-32(47)28(43(9)10)18-22(3)52-37/h13-17,21-25,27-29,32-34,37,47H,12,18-20,41H2,1-11H3,(H,42,48)/t21-,22-,23-,24+,25-,27+,28+,29+,32-,33-,34-,37+,39-,40-/m1/s1. The number of fused-ring (bicyclic) bond motifs is 1. The van der Waals surface area contributed by atoms with E-state index in [4.69, 9.17) is 29.4 Å². The fraction of sp³-hybridized carbons (Fsp3) is 0.725. The lowest BCUT2D eigenvalue weighted by Gasteiger charge is -2.47. The lowest BCUT2D eigenvalue weighted by molar-refractivity contribution is -0.295. The number of benzene rings is 1. The van der Waals surface area contributed by atoms with Crippen molar-refractivity contribution in [2.45, 2.75) is 141 Å². The minimum atomic E-state index is -1.64. The third kappa shape index (κ3) is 9.23. The monoisotopic (exact) mass is 774 g/mol. The van der Waals surface area contributed by atoms with Gasteiger partial charge in [-0.25, -0.2) is 9.80 Å². The Kier molecular flexibility index (Phi) is 14.3. The van der Waals surface area contributed by atoms with Crippen LogP contribution in [0.3, 0.4) is 0 Å². The SMILES string of the molecule is CC[C@@H]1OC(=O)[C@H](C)C(=O)[C@H](C)[C@@H](O[C@@H]2O[C@H](C)C[C@H](N(C)C)[C@H]2O)[C@](C)(OC)C[C@@H](C)C(=O)[C@@H](C)[C@H]2N(NC(=O)[C@@H](N)Cc3ccccc3)C(=O)O[C@]12C. The van der Waals surface area contributed by atoms with Gasteiger partial charge in [-0.2, -0.15) is 0 Å². The van der Waals surface area contributed by atoms with E-state index in [1.807, 2.05) is 56.3 Å². The van der Waals surface area contributed by atoms with Gasteiger partial charge in [0.2, 0.25) is 0 Å². The Morgan fingerprint density at radius 2 is 1.69 bits per heavy atom. The predicted molar refractivity (Wildman–Crippen MR) is 201 cm³/mol. The maximum Gasteiger partial charge on any atom is 0.429 e. The van der Waals surface area contributed by atoms with Crippen LogP contribution >= 0.6 is 0 Å². The second kappa shape index (κ2) is 17.8. The maximum absolute atomic E-state index is 14.6. The first-order valence-electron chi connectivity index (χ1n) is 19.3. The average molecular weight is 775 g/mol. The van der Waals surface area contributed by atoms with E-state index in [0.717, 1.165) is 10.6 Å². The number of ether oxygens (including phenoxy) is 5. The zero-order chi connectivity index (χ0) is 41.2. The van der Waals surface area contributed by atoms with Crippen molar-refractivity contribution in [1.29, 1.82) is 0 Å². The van der Waals surface area contributed by atoms with Crippen LogP contribution in [-0.2, 0) is 49.3 Å². The molecule has 0 bridgehead atoms. The van der Waals surface area contributed by atoms with Gasteiger partial charge in [-0.05, 0) is 73.0 Å². The molecule has 2 amide bonds. The number of cyclic esters (lactones) is 1. The average Bonchev–Trinajstić information content (AvgIpc) is 3.40. The summed E-state index contributed by atoms with van der Waals surface area (Å²) in [6, 6.07) is 6.62. The highest BCUT2D eigenvalue weighted by atomic mass is 16.7. The summed E-state index contributed by atoms with van der Waals surface area (Å²) < 4.78 is 30.7. The number of hydrogen-bond donors (Lipinski definition) is 3. The van der Waals surface area contributed by atoms with E-state index in [1.54, 1.807) is 41.5 Å². The summed E-state index contributed by atoms with van der Waals surface area (Å²) in [4.78, 5) is 71.9. The second-order valence-corrected chi connectivity index (χ2v) is 16.3. The van der Waals surface area contributed by atoms with E-state index < -0.39 is 95.3 Å². The molecule has 0 saturated carbocycles. The van der Waals surface area contributed by atoms with Crippen molar-refractivity contribution in [2.75, 3.05) is 21.2 Å². The smallest absolute Gasteiger partial charge is 0.429 e. The first-order valence-corrected chi connectivity index (χ1v) is 19.3. The van der Waals surface area contributed by atoms with Crippen LogP contribution in [0.15, 0.2) is 30.3 Å². The molecule has 4 rings (SSSR count). The molecule has 0 radical (unpaired) electrons. The van der Waals surface area contributed by atoms with Crippen molar-refractivity contribution < 1.29 is 52.8 Å². The van der Waals surface area contributed by atoms with Crippen molar-refractivity contribution in [3.63, 3.8) is 0 Å². The van der Waals surface area contributed by atoms with Crippen LogP contribution < -0.4 is 11.2 Å². The summed E-state index contributed by atoms with van der Waals surface area (Å²) >= 11 is 0. The predicted octanol–water partition coefficient (Wildman–Crippen LogP) is 2.79. The highest BCUT2D eigenvalue weighted by Gasteiger charge is 2.61. The van der Waals surface area contributed by atoms with Gasteiger partial charge in [0.25, 0.3) is 5.91 Å². The van der Waals surface area contributed by atoms with Crippen molar-refractivity contribution in [3.05, 3.63) is 35.9 Å². The summed E-state index contributed by atoms with van der Waals surface area (Å²) in [6.45, 7) is 13.3. The van der Waals surface area contributed by atoms with Gasteiger partial charge in [-0.15, -0.1) is 0 Å². The van der Waals surface area contributed by atoms with Crippen molar-refractivity contribution in [1.82, 2.24) is 15.3 Å². The second-order valence-electron chi connectivity index (χ2n) is 16.3. The maximum atomic E-state index is 14.6. The van der Waals surface area contributed by atoms with Gasteiger partial charge in [0.15, 0.2) is 17.7 Å². The van der Waals surface area contributed by atoms with Crippen LogP contribution in [0.25, 0.3) is 0 Å². The van der Waals surface area contributed by atoms with Gasteiger partial charge in [0.05, 0.1) is 23.9 Å². The number of carbonyl (C=O) groups excluding carboxylic acids is 5. The van der Waals surface area contributed by atoms with Crippen molar-refractivity contribution in [3.8, 4) is 0 Å². The van der Waals surface area contributed by atoms with Crippen LogP contribution in [0.2, 0.25) is 0 Å². The molecule has 3 saturated heterocycles. The number of hydrogen-bond acceptors (Lipinski definition) is 13. The zero-order valence-corrected chi connectivity index (χ0v) is 34.1. The van der Waals surface area contributed by atoms with Crippen LogP contribution in [0.4, 0.5) is 4.79 Å². The third-order valence-corrected chi connectivity index (χ3v) is 11.9. The number of aliphatic hydroxyl groups excluding tert-OH is 1. The van der Waals surface area contributed by atoms with Gasteiger partial charge in [0, 0.05) is 30.9 Å². The number of carbonyl (C=O) groups is 5. The normalized spacial score (nSPS) is 38.5. The molecule has 3 aliphatic heterocycles. The molecule has 1 aromatic carbocycles. The lowest BCUT2D eigenvalue weighted by Crippen LogP contribution is -2.62. The number of esters is 1. The van der Waals surface area contributed by atoms with Crippen LogP contribution in [-0.4, -0.2) is 126 Å². The zero-order valence-electron chi connectivity index (χ0n) is 34.1. The summed E-state index contributed by atoms with van der Waals surface area (Å²) in [5, 5.41) is 12.4. The van der Waals surface area contributed by atoms with E-state index in [-0.39, 0.29) is 37.2 Å². The number of nitrogens with one attached hydrogen (secondary N) is 1. The largest absolute Gasteiger partial charge is 0.457 e. The van der Waals surface area contributed by atoms with E-state index in [1.165, 1.54) is 14.0 Å². The Balaban J connectivity index is 1.75. The third-order valence-electron chi connectivity index (χ3n) is 11.9. The number of ketones is 2. The molecule has 4 N–H and O–H groups in total. The molecular weight excluding hydrogens is 712 g/mol. The molecular formula is C40H62N4O11. The number of methoxy groups -OCH3 is 1. The fourth-order valence-corrected chi connectivity index (χ4v) is 8.65. The Labute approximate surface area is 324 Å². The van der Waals surface area contributed by atoms with Gasteiger partial charge in [0.1, 0.15) is 30.0 Å². The highest BCUT2D eigenvalue weighted by molar-refractivity contribution is 6.00. The number of nitrogens with two attached hydrogens (primary N) is 1. The van der Waals surface area contributed by atoms with Gasteiger partial charge >= 0.3 is 12.1 Å². The van der Waals surface area contributed by atoms with Crippen LogP contribution in [0.5, 0.6) is 0 Å². The number of amides is 2. The number of Topliss-reactive ketones (excluding diaryl/α,β-unsaturated/α-hetero) is 2. The van der Waals surface area contributed by atoms with E-state index in [0.29, 0.717) is 6.42 Å². The lowest BCUT2D eigenvalue weighted by atomic mass is 9.73. The number of hydrazine groups is 1. The van der Waals surface area contributed by atoms with Crippen molar-refractivity contribution in [2.24, 2.45) is 29.4 Å². The van der Waals surface area contributed by atoms with Gasteiger partial charge in [-0.1, -0.05) is 58.0 Å². The van der Waals surface area contributed by atoms with E-state index in [9.17, 15) is 29.1 Å². The van der Waals surface area contributed by atoms with Crippen LogP contribution in [0.1, 0.15) is 80.2 Å². The Hall–Kier alpha value is -3.47. The Morgan fingerprint density at radius 1 is 1.05 bits per heavy atom. The van der Waals surface area contributed by atoms with Crippen LogP contribution in [0, 0.1) is 23.7 Å². The quantitative estimate of drug-likeness (QED) is 0.245. The number of likely N-dealkylation sites (N-methyl/N-ethyl adjacent to an activating group) is 1. The molecule has 3 fully saturated rings. The van der Waals surface area contributed by atoms with Gasteiger partial charge < -0.3 is 39.4 Å². The number of nitrogens with zero attached hydrogens (tertiary/aromatic N) is 2. The summed E-state index contributed by atoms with van der Waals surface area (Å²) in [6.07, 6.45) is -4.82. The molecule has 308 valence electrons. The minimum Gasteiger partial charge on any atom is -0.457 e. The first-order chi connectivity index (χ1) is 25.7. The Bertz CT molecular complexity index is 1550. The number of rotatable bonds is 9. The van der Waals surface area contributed by atoms with Gasteiger partial charge in [-0.3, -0.25) is 24.6 Å². The first kappa shape index (κ1) is 44.2. The minimum absolute atomic E-state index is 0.0347. The molecule has 55 heavy (non-hydrogen) atoms. The van der Waals surface area contributed by atoms with Crippen molar-refractivity contribution >= 4 is 29.5 Å². The molecule has 0 aromatic heterocycles. The van der Waals surface area contributed by atoms with E-state index >= 15 is 0 Å². The molecule has 14 atom stereocenters. The molecule has 15 heteroatoms. The molecule has 1 aromatic rings. The molecule has 15 nitrogen and oxygen atoms in total. The fourth-order valence-electron chi connectivity index (χ4n) is 8.65. The summed E-state index contributed by atoms with van der Waals surface area (Å²) in [5.41, 5.74) is 6.73. The summed E-state index contributed by atoms with van der Waals surface area (Å²) in [5.74, 6) is -6.44. The molecule has 3 heterocycles. The molecule has 0 unspecified atom stereocenters. The highest BCUT2D eigenvalue weighted by Crippen LogP contribution is 2.42. The molecule has 0 spiro atoms. The molecule has 0 aliphatic carbocycles. The Morgan fingerprint density at radius 3 is 2.27 bits per heavy atom. The number of aliphatic hydroxyl groups is 1.